The van der Waals surface area contributed by atoms with Gasteiger partial charge in [-0.3, -0.25) is 9.59 Å². The van der Waals surface area contributed by atoms with E-state index in [0.29, 0.717) is 11.4 Å². The second kappa shape index (κ2) is 6.33. The van der Waals surface area contributed by atoms with Crippen LogP contribution in [-0.4, -0.2) is 23.3 Å². The fourth-order valence-corrected chi connectivity index (χ4v) is 1.52. The van der Waals surface area contributed by atoms with E-state index in [0.717, 1.165) is 5.69 Å². The molecule has 6 N–H and O–H groups in total. The van der Waals surface area contributed by atoms with Crippen LogP contribution in [0.4, 0.5) is 5.82 Å². The summed E-state index contributed by atoms with van der Waals surface area (Å²) in [7, 11) is 0. The molecule has 0 aliphatic rings. The Morgan fingerprint density at radius 1 is 1.30 bits per heavy atom. The number of carbonyl (C=O) groups excluding carboxylic acids is 2. The third-order valence-electron chi connectivity index (χ3n) is 2.66. The molecular weight excluding hydrogens is 258 g/mol. The summed E-state index contributed by atoms with van der Waals surface area (Å²) < 4.78 is 0. The molecule has 2 amide bonds. The summed E-state index contributed by atoms with van der Waals surface area (Å²) in [4.78, 5) is 27.0. The molecule has 1 aromatic heterocycles. The van der Waals surface area contributed by atoms with Gasteiger partial charge >= 0.3 is 0 Å². The van der Waals surface area contributed by atoms with Crippen LogP contribution in [0, 0.1) is 0 Å². The monoisotopic (exact) mass is 279 g/mol. The van der Waals surface area contributed by atoms with Gasteiger partial charge in [-0.05, 0) is 12.1 Å². The number of pyridine rings is 1. The zero-order chi connectivity index (χ0) is 15.3. The molecule has 1 aromatic rings. The maximum Gasteiger partial charge on any atom is 0.251 e. The molecule has 0 aromatic carbocycles. The number of nitrogens with two attached hydrogens (primary N) is 2. The number of aromatic nitrogens is 1. The lowest BCUT2D eigenvalue weighted by Crippen LogP contribution is -2.28. The van der Waals surface area contributed by atoms with E-state index in [4.69, 9.17) is 11.6 Å². The number of hydrazine groups is 1. The van der Waals surface area contributed by atoms with Gasteiger partial charge in [0, 0.05) is 29.6 Å². The third kappa shape index (κ3) is 4.51. The molecule has 0 saturated carbocycles. The second-order valence-corrected chi connectivity index (χ2v) is 5.49. The predicted molar refractivity (Wildman–Crippen MR) is 76.9 cm³/mol. The van der Waals surface area contributed by atoms with Crippen LogP contribution in [0.25, 0.3) is 0 Å². The zero-order valence-electron chi connectivity index (χ0n) is 12.0. The number of hydrogen-bond donors (Lipinski definition) is 4. The number of amides is 2. The summed E-state index contributed by atoms with van der Waals surface area (Å²) in [5.41, 5.74) is 8.42. The van der Waals surface area contributed by atoms with Gasteiger partial charge in [-0.25, -0.2) is 10.8 Å². The lowest BCUT2D eigenvalue weighted by atomic mass is 9.90. The minimum Gasteiger partial charge on any atom is -0.370 e. The average Bonchev–Trinajstić information content (AvgIpc) is 2.36. The highest BCUT2D eigenvalue weighted by Crippen LogP contribution is 2.23. The van der Waals surface area contributed by atoms with Gasteiger partial charge in [-0.1, -0.05) is 20.8 Å². The van der Waals surface area contributed by atoms with Crippen molar-refractivity contribution in [3.05, 3.63) is 23.4 Å². The average molecular weight is 279 g/mol. The fourth-order valence-electron chi connectivity index (χ4n) is 1.52. The van der Waals surface area contributed by atoms with Crippen LogP contribution in [0.15, 0.2) is 12.1 Å². The molecule has 0 aliphatic heterocycles. The second-order valence-electron chi connectivity index (χ2n) is 5.49. The molecule has 0 radical (unpaired) electrons. The third-order valence-corrected chi connectivity index (χ3v) is 2.66. The van der Waals surface area contributed by atoms with Crippen molar-refractivity contribution in [2.24, 2.45) is 11.6 Å². The number of carbonyl (C=O) groups is 2. The molecule has 1 rings (SSSR count). The number of nitrogens with zero attached hydrogens (tertiary/aromatic N) is 1. The summed E-state index contributed by atoms with van der Waals surface area (Å²) in [5, 5.41) is 2.62. The van der Waals surface area contributed by atoms with Crippen LogP contribution >= 0.6 is 0 Å². The molecule has 1 heterocycles. The first-order valence-electron chi connectivity index (χ1n) is 6.29. The largest absolute Gasteiger partial charge is 0.370 e. The standard InChI is InChI=1S/C13H21N5O2/c1-13(2,3)9-6-8(7-11(17-9)18-15)12(20)16-5-4-10(14)19/h6-7H,4-5,15H2,1-3H3,(H2,14,19)(H,16,20)(H,17,18). The molecule has 110 valence electrons. The molecule has 7 heteroatoms. The van der Waals surface area contributed by atoms with Gasteiger partial charge in [0.1, 0.15) is 5.82 Å². The minimum absolute atomic E-state index is 0.102. The van der Waals surface area contributed by atoms with Crippen molar-refractivity contribution in [2.45, 2.75) is 32.6 Å². The first-order chi connectivity index (χ1) is 9.24. The highest BCUT2D eigenvalue weighted by Gasteiger charge is 2.19. The smallest absolute Gasteiger partial charge is 0.251 e. The highest BCUT2D eigenvalue weighted by molar-refractivity contribution is 5.95. The molecule has 0 fully saturated rings. The molecule has 20 heavy (non-hydrogen) atoms. The first kappa shape index (κ1) is 15.9. The van der Waals surface area contributed by atoms with E-state index >= 15 is 0 Å². The number of hydrogen-bond acceptors (Lipinski definition) is 5. The van der Waals surface area contributed by atoms with E-state index in [1.165, 1.54) is 0 Å². The summed E-state index contributed by atoms with van der Waals surface area (Å²) in [6.07, 6.45) is 0.102. The molecule has 0 atom stereocenters. The Morgan fingerprint density at radius 3 is 2.45 bits per heavy atom. The van der Waals surface area contributed by atoms with Gasteiger partial charge in [0.25, 0.3) is 5.91 Å². The topological polar surface area (TPSA) is 123 Å². The summed E-state index contributed by atoms with van der Waals surface area (Å²) in [5.74, 6) is 5.03. The Labute approximate surface area is 118 Å². The Bertz CT molecular complexity index is 508. The van der Waals surface area contributed by atoms with Crippen molar-refractivity contribution in [1.82, 2.24) is 10.3 Å². The van der Waals surface area contributed by atoms with E-state index in [1.807, 2.05) is 20.8 Å². The first-order valence-corrected chi connectivity index (χ1v) is 6.29. The van der Waals surface area contributed by atoms with E-state index in [9.17, 15) is 9.59 Å². The molecule has 0 saturated heterocycles. The number of primary amides is 1. The Morgan fingerprint density at radius 2 is 1.95 bits per heavy atom. The normalized spacial score (nSPS) is 11.0. The van der Waals surface area contributed by atoms with Gasteiger partial charge in [0.2, 0.25) is 5.91 Å². The fraction of sp³-hybridized carbons (Fsp3) is 0.462. The van der Waals surface area contributed by atoms with Gasteiger partial charge in [-0.2, -0.15) is 0 Å². The van der Waals surface area contributed by atoms with Crippen molar-refractivity contribution in [2.75, 3.05) is 12.0 Å². The summed E-state index contributed by atoms with van der Waals surface area (Å²) >= 11 is 0. The quantitative estimate of drug-likeness (QED) is 0.455. The van der Waals surface area contributed by atoms with Crippen LogP contribution < -0.4 is 22.3 Å². The molecule has 0 bridgehead atoms. The van der Waals surface area contributed by atoms with Crippen molar-refractivity contribution < 1.29 is 9.59 Å². The van der Waals surface area contributed by atoms with Crippen LogP contribution in [0.3, 0.4) is 0 Å². The SMILES string of the molecule is CC(C)(C)c1cc(C(=O)NCCC(N)=O)cc(NN)n1. The van der Waals surface area contributed by atoms with E-state index in [2.05, 4.69) is 15.7 Å². The maximum atomic E-state index is 12.0. The van der Waals surface area contributed by atoms with Crippen LogP contribution in [0.2, 0.25) is 0 Å². The number of rotatable bonds is 5. The Balaban J connectivity index is 2.93. The number of nitrogen functional groups attached to an aromatic ring is 1. The highest BCUT2D eigenvalue weighted by atomic mass is 16.2. The van der Waals surface area contributed by atoms with E-state index in [-0.39, 0.29) is 24.3 Å². The van der Waals surface area contributed by atoms with E-state index < -0.39 is 5.91 Å². The van der Waals surface area contributed by atoms with Crippen LogP contribution in [0.1, 0.15) is 43.2 Å². The molecule has 0 spiro atoms. The Kier molecular flexibility index (Phi) is 5.04. The van der Waals surface area contributed by atoms with Crippen molar-refractivity contribution >= 4 is 17.6 Å². The van der Waals surface area contributed by atoms with Crippen LogP contribution in [0.5, 0.6) is 0 Å². The van der Waals surface area contributed by atoms with Crippen LogP contribution in [-0.2, 0) is 10.2 Å². The zero-order valence-corrected chi connectivity index (χ0v) is 12.0. The molecule has 0 aliphatic carbocycles. The molecule has 0 unspecified atom stereocenters. The van der Waals surface area contributed by atoms with Gasteiger partial charge < -0.3 is 16.5 Å². The Hall–Kier alpha value is -2.15. The number of nitrogens with one attached hydrogen (secondary N) is 2. The number of anilines is 1. The summed E-state index contributed by atoms with van der Waals surface area (Å²) in [6, 6.07) is 3.26. The van der Waals surface area contributed by atoms with Crippen molar-refractivity contribution in [1.29, 1.82) is 0 Å². The maximum absolute atomic E-state index is 12.0. The lowest BCUT2D eigenvalue weighted by Gasteiger charge is -2.19. The van der Waals surface area contributed by atoms with Crippen molar-refractivity contribution in [3.8, 4) is 0 Å². The minimum atomic E-state index is -0.459. The van der Waals surface area contributed by atoms with Gasteiger partial charge in [0.15, 0.2) is 0 Å². The molecule has 7 nitrogen and oxygen atoms in total. The van der Waals surface area contributed by atoms with E-state index in [1.54, 1.807) is 12.1 Å². The van der Waals surface area contributed by atoms with Gasteiger partial charge in [-0.15, -0.1) is 0 Å². The lowest BCUT2D eigenvalue weighted by molar-refractivity contribution is -0.117. The van der Waals surface area contributed by atoms with Gasteiger partial charge in [0.05, 0.1) is 0 Å². The summed E-state index contributed by atoms with van der Waals surface area (Å²) in [6.45, 7) is 6.17. The van der Waals surface area contributed by atoms with Crippen molar-refractivity contribution in [3.63, 3.8) is 0 Å². The molecular formula is C13H21N5O2. The predicted octanol–water partition coefficient (Wildman–Crippen LogP) is 0.270.